The Balaban J connectivity index is 1.90. The van der Waals surface area contributed by atoms with Crippen LogP contribution in [0.5, 0.6) is 0 Å². The normalized spacial score (nSPS) is 21.5. The van der Waals surface area contributed by atoms with Crippen LogP contribution in [0.2, 0.25) is 0 Å². The topological polar surface area (TPSA) is 95.7 Å². The van der Waals surface area contributed by atoms with Gasteiger partial charge in [0.2, 0.25) is 5.91 Å². The van der Waals surface area contributed by atoms with E-state index in [1.165, 1.54) is 12.1 Å². The van der Waals surface area contributed by atoms with Crippen molar-refractivity contribution in [1.29, 1.82) is 0 Å². The minimum atomic E-state index is -0.453. The number of rotatable bonds is 6. The summed E-state index contributed by atoms with van der Waals surface area (Å²) >= 11 is 0. The standard InChI is InChI=1S/C17H25N3O4/c1-12-4-3-8-19(16(12)11-21)9-7-17(22)18-15-6-5-14(20(23)24)10-13(15)2/h5-6,10,12,16,21H,3-4,7-9,11H2,1-2H3,(H,18,22). The summed E-state index contributed by atoms with van der Waals surface area (Å²) in [5.41, 5.74) is 1.27. The summed E-state index contributed by atoms with van der Waals surface area (Å²) in [6.07, 6.45) is 2.52. The van der Waals surface area contributed by atoms with E-state index in [0.29, 0.717) is 30.1 Å². The van der Waals surface area contributed by atoms with E-state index in [0.717, 1.165) is 19.4 Å². The van der Waals surface area contributed by atoms with E-state index < -0.39 is 4.92 Å². The lowest BCUT2D eigenvalue weighted by atomic mass is 9.91. The molecule has 1 saturated heterocycles. The van der Waals surface area contributed by atoms with Gasteiger partial charge >= 0.3 is 0 Å². The largest absolute Gasteiger partial charge is 0.395 e. The van der Waals surface area contributed by atoms with Crippen LogP contribution in [-0.4, -0.2) is 46.6 Å². The molecule has 0 radical (unpaired) electrons. The number of nitrogens with zero attached hydrogens (tertiary/aromatic N) is 2. The molecule has 24 heavy (non-hydrogen) atoms. The molecule has 7 nitrogen and oxygen atoms in total. The Bertz CT molecular complexity index is 605. The van der Waals surface area contributed by atoms with E-state index in [9.17, 15) is 20.0 Å². The maximum Gasteiger partial charge on any atom is 0.269 e. The number of benzene rings is 1. The molecule has 0 bridgehead atoms. The Labute approximate surface area is 141 Å². The molecule has 0 saturated carbocycles. The molecule has 1 aliphatic heterocycles. The number of hydrogen-bond acceptors (Lipinski definition) is 5. The average molecular weight is 335 g/mol. The summed E-state index contributed by atoms with van der Waals surface area (Å²) in [4.78, 5) is 24.6. The van der Waals surface area contributed by atoms with Crippen LogP contribution >= 0.6 is 0 Å². The minimum absolute atomic E-state index is 0.0126. The summed E-state index contributed by atoms with van der Waals surface area (Å²) in [6, 6.07) is 4.51. The molecule has 132 valence electrons. The molecular weight excluding hydrogens is 310 g/mol. The van der Waals surface area contributed by atoms with E-state index >= 15 is 0 Å². The first-order valence-corrected chi connectivity index (χ1v) is 8.32. The molecule has 0 aromatic heterocycles. The van der Waals surface area contributed by atoms with Gasteiger partial charge in [0.15, 0.2) is 0 Å². The van der Waals surface area contributed by atoms with Crippen molar-refractivity contribution >= 4 is 17.3 Å². The van der Waals surface area contributed by atoms with Gasteiger partial charge in [-0.05, 0) is 43.9 Å². The molecule has 1 fully saturated rings. The third-order valence-corrected chi connectivity index (χ3v) is 4.74. The fourth-order valence-corrected chi connectivity index (χ4v) is 3.27. The Kier molecular flexibility index (Phi) is 6.28. The average Bonchev–Trinajstić information content (AvgIpc) is 2.54. The molecule has 1 amide bonds. The number of non-ortho nitro benzene ring substituents is 1. The number of nitro groups is 1. The van der Waals surface area contributed by atoms with E-state index in [4.69, 9.17) is 0 Å². The molecule has 2 rings (SSSR count). The van der Waals surface area contributed by atoms with Crippen LogP contribution in [0.15, 0.2) is 18.2 Å². The SMILES string of the molecule is Cc1cc([N+](=O)[O-])ccc1NC(=O)CCN1CCCC(C)C1CO. The van der Waals surface area contributed by atoms with Crippen LogP contribution < -0.4 is 5.32 Å². The van der Waals surface area contributed by atoms with Crippen molar-refractivity contribution in [2.24, 2.45) is 5.92 Å². The summed E-state index contributed by atoms with van der Waals surface area (Å²) in [5, 5.41) is 23.1. The van der Waals surface area contributed by atoms with Gasteiger partial charge in [-0.15, -0.1) is 0 Å². The number of likely N-dealkylation sites (tertiary alicyclic amines) is 1. The zero-order chi connectivity index (χ0) is 17.7. The lowest BCUT2D eigenvalue weighted by molar-refractivity contribution is -0.384. The van der Waals surface area contributed by atoms with Crippen LogP contribution in [0, 0.1) is 23.0 Å². The first-order chi connectivity index (χ1) is 11.4. The quantitative estimate of drug-likeness (QED) is 0.614. The van der Waals surface area contributed by atoms with Crippen LogP contribution in [0.4, 0.5) is 11.4 Å². The van der Waals surface area contributed by atoms with Crippen molar-refractivity contribution in [3.05, 3.63) is 33.9 Å². The smallest absolute Gasteiger partial charge is 0.269 e. The highest BCUT2D eigenvalue weighted by Gasteiger charge is 2.27. The fourth-order valence-electron chi connectivity index (χ4n) is 3.27. The Morgan fingerprint density at radius 2 is 2.25 bits per heavy atom. The summed E-state index contributed by atoms with van der Waals surface area (Å²) in [6.45, 7) is 5.49. The van der Waals surface area contributed by atoms with Crippen LogP contribution in [-0.2, 0) is 4.79 Å². The first-order valence-electron chi connectivity index (χ1n) is 8.32. The minimum Gasteiger partial charge on any atom is -0.395 e. The first kappa shape index (κ1) is 18.4. The van der Waals surface area contributed by atoms with Gasteiger partial charge in [0.05, 0.1) is 11.5 Å². The van der Waals surface area contributed by atoms with Crippen LogP contribution in [0.25, 0.3) is 0 Å². The number of carbonyl (C=O) groups excluding carboxylic acids is 1. The summed E-state index contributed by atoms with van der Waals surface area (Å²) in [7, 11) is 0. The van der Waals surface area contributed by atoms with Gasteiger partial charge in [-0.2, -0.15) is 0 Å². The van der Waals surface area contributed by atoms with Crippen molar-refractivity contribution in [3.63, 3.8) is 0 Å². The predicted octanol–water partition coefficient (Wildman–Crippen LogP) is 2.32. The summed E-state index contributed by atoms with van der Waals surface area (Å²) < 4.78 is 0. The number of hydrogen-bond donors (Lipinski definition) is 2. The molecule has 0 spiro atoms. The highest BCUT2D eigenvalue weighted by Crippen LogP contribution is 2.24. The molecule has 2 unspecified atom stereocenters. The van der Waals surface area contributed by atoms with Crippen molar-refractivity contribution in [1.82, 2.24) is 4.90 Å². The van der Waals surface area contributed by atoms with Crippen molar-refractivity contribution < 1.29 is 14.8 Å². The maximum absolute atomic E-state index is 12.2. The highest BCUT2D eigenvalue weighted by molar-refractivity contribution is 5.91. The number of nitro benzene ring substituents is 1. The number of carbonyl (C=O) groups is 1. The Morgan fingerprint density at radius 3 is 2.88 bits per heavy atom. The lowest BCUT2D eigenvalue weighted by Crippen LogP contribution is -2.47. The number of nitrogens with one attached hydrogen (secondary N) is 1. The zero-order valence-electron chi connectivity index (χ0n) is 14.2. The second kappa shape index (κ2) is 8.21. The monoisotopic (exact) mass is 335 g/mol. The molecule has 1 aromatic carbocycles. The number of aliphatic hydroxyl groups excluding tert-OH is 1. The van der Waals surface area contributed by atoms with Crippen molar-refractivity contribution in [2.75, 3.05) is 25.0 Å². The number of aliphatic hydroxyl groups is 1. The second-order valence-corrected chi connectivity index (χ2v) is 6.46. The molecule has 7 heteroatoms. The van der Waals surface area contributed by atoms with Crippen molar-refractivity contribution in [3.8, 4) is 0 Å². The van der Waals surface area contributed by atoms with Gasteiger partial charge < -0.3 is 10.4 Å². The second-order valence-electron chi connectivity index (χ2n) is 6.46. The summed E-state index contributed by atoms with van der Waals surface area (Å²) in [5.74, 6) is 0.311. The molecule has 1 aliphatic rings. The zero-order valence-corrected chi connectivity index (χ0v) is 14.2. The van der Waals surface area contributed by atoms with Gasteiger partial charge in [-0.25, -0.2) is 0 Å². The third kappa shape index (κ3) is 4.52. The molecule has 2 atom stereocenters. The number of anilines is 1. The number of piperidine rings is 1. The molecule has 1 heterocycles. The van der Waals surface area contributed by atoms with Gasteiger partial charge in [0.1, 0.15) is 0 Å². The Morgan fingerprint density at radius 1 is 1.50 bits per heavy atom. The molecule has 0 aliphatic carbocycles. The molecule has 1 aromatic rings. The van der Waals surface area contributed by atoms with Crippen molar-refractivity contribution in [2.45, 2.75) is 39.2 Å². The number of aryl methyl sites for hydroxylation is 1. The highest BCUT2D eigenvalue weighted by atomic mass is 16.6. The molecule has 2 N–H and O–H groups in total. The van der Waals surface area contributed by atoms with E-state index in [-0.39, 0.29) is 24.2 Å². The van der Waals surface area contributed by atoms with Gasteiger partial charge in [-0.3, -0.25) is 19.8 Å². The van der Waals surface area contributed by atoms with Gasteiger partial charge in [0, 0.05) is 36.8 Å². The maximum atomic E-state index is 12.2. The third-order valence-electron chi connectivity index (χ3n) is 4.74. The van der Waals surface area contributed by atoms with Crippen LogP contribution in [0.3, 0.4) is 0 Å². The number of amides is 1. The lowest BCUT2D eigenvalue weighted by Gasteiger charge is -2.38. The van der Waals surface area contributed by atoms with Crippen LogP contribution in [0.1, 0.15) is 31.7 Å². The predicted molar refractivity (Wildman–Crippen MR) is 91.9 cm³/mol. The van der Waals surface area contributed by atoms with E-state index in [1.54, 1.807) is 13.0 Å². The van der Waals surface area contributed by atoms with E-state index in [2.05, 4.69) is 17.1 Å². The Hall–Kier alpha value is -1.99. The van der Waals surface area contributed by atoms with E-state index in [1.807, 2.05) is 0 Å². The van der Waals surface area contributed by atoms with Gasteiger partial charge in [0.25, 0.3) is 5.69 Å². The van der Waals surface area contributed by atoms with Gasteiger partial charge in [-0.1, -0.05) is 6.92 Å². The molecular formula is C17H25N3O4. The fraction of sp³-hybridized carbons (Fsp3) is 0.588.